The number of aryl methyl sites for hydroxylation is 1. The van der Waals surface area contributed by atoms with E-state index >= 15 is 0 Å². The normalized spacial score (nSPS) is 14.5. The first-order chi connectivity index (χ1) is 12.4. The van der Waals surface area contributed by atoms with Crippen LogP contribution in [0.5, 0.6) is 0 Å². The van der Waals surface area contributed by atoms with Gasteiger partial charge in [-0.15, -0.1) is 0 Å². The fraction of sp³-hybridized carbons (Fsp3) is 0.478. The van der Waals surface area contributed by atoms with E-state index in [9.17, 15) is 4.79 Å². The molecule has 0 aliphatic rings. The van der Waals surface area contributed by atoms with Gasteiger partial charge in [0.05, 0.1) is 11.4 Å². The summed E-state index contributed by atoms with van der Waals surface area (Å²) in [6.45, 7) is 12.8. The van der Waals surface area contributed by atoms with Crippen molar-refractivity contribution in [1.82, 2.24) is 0 Å². The van der Waals surface area contributed by atoms with Gasteiger partial charge in [-0.25, -0.2) is 0 Å². The molecule has 0 aromatic heterocycles. The topological polar surface area (TPSA) is 55.5 Å². The first-order valence-corrected chi connectivity index (χ1v) is 9.64. The Morgan fingerprint density at radius 1 is 1.31 bits per heavy atom. The molecule has 0 saturated heterocycles. The predicted octanol–water partition coefficient (Wildman–Crippen LogP) is 5.83. The Bertz CT molecular complexity index is 711. The minimum atomic E-state index is 0.205. The summed E-state index contributed by atoms with van der Waals surface area (Å²) in [5.74, 6) is 0.504. The molecule has 0 heterocycles. The standard InChI is InChI=1S/C23H34N2O/c1-7-10-22(26)18(6)13-20(9-3)23(16(4)8-2)25-21-14-19(15-24)12-11-17(21)5/h9,11-14,16H,7-8,10,15,24H2,1-6H3/b18-13-,20-9+,25-23?. The molecule has 3 heteroatoms. The number of Topliss-reactive ketones (excluding diaryl/α,β-unsaturated/α-hetero) is 1. The molecule has 142 valence electrons. The molecule has 1 atom stereocenters. The van der Waals surface area contributed by atoms with Crippen molar-refractivity contribution >= 4 is 17.2 Å². The number of hydrogen-bond acceptors (Lipinski definition) is 3. The summed E-state index contributed by atoms with van der Waals surface area (Å²) in [5, 5.41) is 0. The summed E-state index contributed by atoms with van der Waals surface area (Å²) in [5.41, 5.74) is 11.8. The zero-order valence-electron chi connectivity index (χ0n) is 17.2. The van der Waals surface area contributed by atoms with Crippen molar-refractivity contribution in [2.24, 2.45) is 16.6 Å². The lowest BCUT2D eigenvalue weighted by Gasteiger charge is -2.16. The highest BCUT2D eigenvalue weighted by Crippen LogP contribution is 2.25. The first kappa shape index (κ1) is 22.0. The van der Waals surface area contributed by atoms with Gasteiger partial charge >= 0.3 is 0 Å². The van der Waals surface area contributed by atoms with E-state index in [1.165, 1.54) is 0 Å². The molecule has 0 radical (unpaired) electrons. The molecule has 0 spiro atoms. The van der Waals surface area contributed by atoms with Gasteiger partial charge < -0.3 is 5.73 Å². The summed E-state index contributed by atoms with van der Waals surface area (Å²) < 4.78 is 0. The highest BCUT2D eigenvalue weighted by Gasteiger charge is 2.15. The summed E-state index contributed by atoms with van der Waals surface area (Å²) >= 11 is 0. The molecule has 1 rings (SSSR count). The minimum Gasteiger partial charge on any atom is -0.326 e. The highest BCUT2D eigenvalue weighted by atomic mass is 16.1. The Balaban J connectivity index is 3.40. The largest absolute Gasteiger partial charge is 0.326 e. The van der Waals surface area contributed by atoms with Crippen LogP contribution in [0.1, 0.15) is 65.0 Å². The van der Waals surface area contributed by atoms with E-state index in [0.717, 1.165) is 46.5 Å². The zero-order valence-corrected chi connectivity index (χ0v) is 17.2. The fourth-order valence-corrected chi connectivity index (χ4v) is 2.73. The average Bonchev–Trinajstić information content (AvgIpc) is 2.65. The molecule has 26 heavy (non-hydrogen) atoms. The number of benzene rings is 1. The Kier molecular flexibility index (Phi) is 9.22. The number of rotatable bonds is 9. The Morgan fingerprint density at radius 3 is 2.54 bits per heavy atom. The number of nitrogens with two attached hydrogens (primary N) is 1. The van der Waals surface area contributed by atoms with Crippen LogP contribution in [0.4, 0.5) is 5.69 Å². The van der Waals surface area contributed by atoms with E-state index in [4.69, 9.17) is 10.7 Å². The van der Waals surface area contributed by atoms with Gasteiger partial charge in [0, 0.05) is 13.0 Å². The highest BCUT2D eigenvalue weighted by molar-refractivity contribution is 6.07. The van der Waals surface area contributed by atoms with Gasteiger partial charge in [-0.2, -0.15) is 0 Å². The van der Waals surface area contributed by atoms with Gasteiger partial charge in [-0.3, -0.25) is 9.79 Å². The molecule has 1 unspecified atom stereocenters. The average molecular weight is 355 g/mol. The Morgan fingerprint density at radius 2 is 2.00 bits per heavy atom. The van der Waals surface area contributed by atoms with Gasteiger partial charge in [0.2, 0.25) is 0 Å². The zero-order chi connectivity index (χ0) is 19.7. The first-order valence-electron chi connectivity index (χ1n) is 9.64. The second kappa shape index (κ2) is 10.9. The van der Waals surface area contributed by atoms with Crippen LogP contribution in [-0.4, -0.2) is 11.5 Å². The van der Waals surface area contributed by atoms with Crippen LogP contribution in [0.2, 0.25) is 0 Å². The second-order valence-electron chi connectivity index (χ2n) is 6.88. The monoisotopic (exact) mass is 354 g/mol. The van der Waals surface area contributed by atoms with E-state index in [2.05, 4.69) is 39.0 Å². The SMILES string of the molecule is C/C=C(\C=C(\C)C(=O)CCC)C(=Nc1cc(CN)ccc1C)C(C)CC. The maximum atomic E-state index is 12.2. The lowest BCUT2D eigenvalue weighted by molar-refractivity contribution is -0.115. The van der Waals surface area contributed by atoms with E-state index in [1.54, 1.807) is 0 Å². The number of ketones is 1. The van der Waals surface area contributed by atoms with E-state index < -0.39 is 0 Å². The van der Waals surface area contributed by atoms with Crippen molar-refractivity contribution in [1.29, 1.82) is 0 Å². The van der Waals surface area contributed by atoms with Gasteiger partial charge in [-0.05, 0) is 73.9 Å². The van der Waals surface area contributed by atoms with Gasteiger partial charge in [0.15, 0.2) is 5.78 Å². The maximum Gasteiger partial charge on any atom is 0.158 e. The maximum absolute atomic E-state index is 12.2. The number of aliphatic imine (C=N–C) groups is 1. The van der Waals surface area contributed by atoms with Crippen molar-refractivity contribution in [3.8, 4) is 0 Å². The molecule has 0 fully saturated rings. The van der Waals surface area contributed by atoms with E-state index in [-0.39, 0.29) is 5.78 Å². The van der Waals surface area contributed by atoms with Crippen molar-refractivity contribution in [2.45, 2.75) is 67.3 Å². The van der Waals surface area contributed by atoms with Gasteiger partial charge in [0.1, 0.15) is 0 Å². The van der Waals surface area contributed by atoms with Crippen LogP contribution < -0.4 is 5.73 Å². The summed E-state index contributed by atoms with van der Waals surface area (Å²) in [6.07, 6.45) is 6.49. The molecule has 3 nitrogen and oxygen atoms in total. The molecular weight excluding hydrogens is 320 g/mol. The summed E-state index contributed by atoms with van der Waals surface area (Å²) in [7, 11) is 0. The van der Waals surface area contributed by atoms with Crippen LogP contribution >= 0.6 is 0 Å². The summed E-state index contributed by atoms with van der Waals surface area (Å²) in [6, 6.07) is 6.17. The van der Waals surface area contributed by atoms with Crippen molar-refractivity contribution < 1.29 is 4.79 Å². The smallest absolute Gasteiger partial charge is 0.158 e. The second-order valence-corrected chi connectivity index (χ2v) is 6.88. The minimum absolute atomic E-state index is 0.205. The molecule has 0 aliphatic carbocycles. The number of carbonyl (C=O) groups is 1. The number of nitrogens with zero attached hydrogens (tertiary/aromatic N) is 1. The van der Waals surface area contributed by atoms with Crippen LogP contribution in [0, 0.1) is 12.8 Å². The van der Waals surface area contributed by atoms with Gasteiger partial charge in [0.25, 0.3) is 0 Å². The van der Waals surface area contributed by atoms with Crippen molar-refractivity contribution in [3.63, 3.8) is 0 Å². The third kappa shape index (κ3) is 6.06. The van der Waals surface area contributed by atoms with E-state index in [0.29, 0.717) is 18.9 Å². The van der Waals surface area contributed by atoms with Crippen molar-refractivity contribution in [2.75, 3.05) is 0 Å². The molecule has 0 saturated carbocycles. The lowest BCUT2D eigenvalue weighted by atomic mass is 9.93. The number of carbonyl (C=O) groups excluding carboxylic acids is 1. The van der Waals surface area contributed by atoms with Crippen LogP contribution in [0.15, 0.2) is 46.5 Å². The molecular formula is C23H34N2O. The number of hydrogen-bond donors (Lipinski definition) is 1. The van der Waals surface area contributed by atoms with Crippen LogP contribution in [-0.2, 0) is 11.3 Å². The van der Waals surface area contributed by atoms with E-state index in [1.807, 2.05) is 32.9 Å². The molecule has 1 aromatic carbocycles. The van der Waals surface area contributed by atoms with Crippen molar-refractivity contribution in [3.05, 3.63) is 52.6 Å². The number of allylic oxidation sites excluding steroid dienone is 4. The lowest BCUT2D eigenvalue weighted by Crippen LogP contribution is -2.13. The Hall–Kier alpha value is -2.00. The molecule has 0 bridgehead atoms. The molecule has 0 aliphatic heterocycles. The predicted molar refractivity (Wildman–Crippen MR) is 113 cm³/mol. The van der Waals surface area contributed by atoms with Crippen LogP contribution in [0.25, 0.3) is 0 Å². The molecule has 0 amide bonds. The molecule has 2 N–H and O–H groups in total. The summed E-state index contributed by atoms with van der Waals surface area (Å²) in [4.78, 5) is 17.2. The third-order valence-electron chi connectivity index (χ3n) is 4.72. The Labute approximate surface area is 159 Å². The third-order valence-corrected chi connectivity index (χ3v) is 4.72. The van der Waals surface area contributed by atoms with Gasteiger partial charge in [-0.1, -0.05) is 39.0 Å². The quantitative estimate of drug-likeness (QED) is 0.344. The fourth-order valence-electron chi connectivity index (χ4n) is 2.73. The molecule has 1 aromatic rings. The van der Waals surface area contributed by atoms with Crippen LogP contribution in [0.3, 0.4) is 0 Å².